The zero-order valence-corrected chi connectivity index (χ0v) is 14.8. The molecular weight excluding hydrogens is 369 g/mol. The first-order chi connectivity index (χ1) is 12.2. The maximum Gasteiger partial charge on any atom is 0.417 e. The molecule has 0 atom stereocenters. The second kappa shape index (κ2) is 7.10. The quantitative estimate of drug-likeness (QED) is 0.778. The number of hydrogen-bond acceptors (Lipinski definition) is 2. The van der Waals surface area contributed by atoms with Crippen LogP contribution in [0.5, 0.6) is 0 Å². The lowest BCUT2D eigenvalue weighted by atomic mass is 9.81. The fourth-order valence-electron chi connectivity index (χ4n) is 3.43. The van der Waals surface area contributed by atoms with Crippen LogP contribution in [0.1, 0.15) is 50.5 Å². The Bertz CT molecular complexity index is 711. The van der Waals surface area contributed by atoms with Crippen molar-refractivity contribution in [2.75, 3.05) is 5.32 Å². The molecule has 0 aromatic heterocycles. The van der Waals surface area contributed by atoms with Crippen molar-refractivity contribution in [2.24, 2.45) is 5.41 Å². The molecule has 2 aliphatic carbocycles. The third-order valence-electron chi connectivity index (χ3n) is 5.01. The molecule has 3 rings (SSSR count). The summed E-state index contributed by atoms with van der Waals surface area (Å²) in [6, 6.07) is 3.48. The standard InChI is InChI=1S/C18H20ClF3N2O2/c19-14-6-5-12(9-13(14)18(20,21)22)24-16(26)17(7-1-2-8-17)10-15(25)23-11-3-4-11/h5-6,9,11H,1-4,7-8,10H2,(H,23,25)(H,24,26). The SMILES string of the molecule is O=C(CC1(C(=O)Nc2ccc(Cl)c(C(F)(F)F)c2)CCCC1)NC1CC1. The number of amides is 2. The van der Waals surface area contributed by atoms with E-state index in [1.807, 2.05) is 0 Å². The minimum Gasteiger partial charge on any atom is -0.353 e. The van der Waals surface area contributed by atoms with Gasteiger partial charge in [0.1, 0.15) is 0 Å². The highest BCUT2D eigenvalue weighted by Crippen LogP contribution is 2.43. The second-order valence-electron chi connectivity index (χ2n) is 7.15. The lowest BCUT2D eigenvalue weighted by molar-refractivity contribution is -0.137. The van der Waals surface area contributed by atoms with E-state index in [-0.39, 0.29) is 24.1 Å². The van der Waals surface area contributed by atoms with Crippen LogP contribution < -0.4 is 10.6 Å². The molecule has 2 aliphatic rings. The molecule has 142 valence electrons. The van der Waals surface area contributed by atoms with Gasteiger partial charge in [-0.2, -0.15) is 13.2 Å². The molecule has 2 amide bonds. The summed E-state index contributed by atoms with van der Waals surface area (Å²) >= 11 is 5.61. The number of benzene rings is 1. The molecule has 0 aliphatic heterocycles. The van der Waals surface area contributed by atoms with E-state index in [0.29, 0.717) is 12.8 Å². The summed E-state index contributed by atoms with van der Waals surface area (Å²) < 4.78 is 39.0. The van der Waals surface area contributed by atoms with Crippen LogP contribution in [0.25, 0.3) is 0 Å². The maximum atomic E-state index is 13.0. The second-order valence-corrected chi connectivity index (χ2v) is 7.56. The molecule has 2 saturated carbocycles. The van der Waals surface area contributed by atoms with Gasteiger partial charge in [-0.1, -0.05) is 24.4 Å². The highest BCUT2D eigenvalue weighted by Gasteiger charge is 2.43. The summed E-state index contributed by atoms with van der Waals surface area (Å²) in [7, 11) is 0. The molecule has 2 N–H and O–H groups in total. The van der Waals surface area contributed by atoms with Gasteiger partial charge in [0, 0.05) is 18.2 Å². The van der Waals surface area contributed by atoms with E-state index in [0.717, 1.165) is 37.8 Å². The number of anilines is 1. The number of rotatable bonds is 5. The van der Waals surface area contributed by atoms with Gasteiger partial charge >= 0.3 is 6.18 Å². The Morgan fingerprint density at radius 1 is 1.19 bits per heavy atom. The number of halogens is 4. The van der Waals surface area contributed by atoms with Crippen molar-refractivity contribution in [3.63, 3.8) is 0 Å². The van der Waals surface area contributed by atoms with Crippen molar-refractivity contribution in [1.29, 1.82) is 0 Å². The van der Waals surface area contributed by atoms with Crippen LogP contribution in [0.4, 0.5) is 18.9 Å². The Labute approximate surface area is 154 Å². The summed E-state index contributed by atoms with van der Waals surface area (Å²) in [5.41, 5.74) is -1.83. The van der Waals surface area contributed by atoms with Crippen LogP contribution >= 0.6 is 11.6 Å². The van der Waals surface area contributed by atoms with Crippen LogP contribution in [0.2, 0.25) is 5.02 Å². The predicted octanol–water partition coefficient (Wildman–Crippen LogP) is 4.53. The fraction of sp³-hybridized carbons (Fsp3) is 0.556. The molecule has 8 heteroatoms. The van der Waals surface area contributed by atoms with E-state index >= 15 is 0 Å². The summed E-state index contributed by atoms with van der Waals surface area (Å²) in [6.07, 6.45) is 0.109. The Kier molecular flexibility index (Phi) is 5.19. The average molecular weight is 389 g/mol. The van der Waals surface area contributed by atoms with Gasteiger partial charge in [0.15, 0.2) is 0 Å². The first-order valence-corrected chi connectivity index (χ1v) is 9.05. The molecule has 0 bridgehead atoms. The van der Waals surface area contributed by atoms with Gasteiger partial charge in [-0.3, -0.25) is 9.59 Å². The average Bonchev–Trinajstić information content (AvgIpc) is 3.23. The van der Waals surface area contributed by atoms with Crippen molar-refractivity contribution in [3.05, 3.63) is 28.8 Å². The lowest BCUT2D eigenvalue weighted by Gasteiger charge is -2.27. The Morgan fingerprint density at radius 2 is 1.85 bits per heavy atom. The van der Waals surface area contributed by atoms with E-state index in [2.05, 4.69) is 10.6 Å². The molecule has 2 fully saturated rings. The van der Waals surface area contributed by atoms with Gasteiger partial charge in [0.05, 0.1) is 16.0 Å². The number of carbonyl (C=O) groups excluding carboxylic acids is 2. The molecule has 0 spiro atoms. The van der Waals surface area contributed by atoms with Gasteiger partial charge in [-0.25, -0.2) is 0 Å². The topological polar surface area (TPSA) is 58.2 Å². The van der Waals surface area contributed by atoms with E-state index in [1.165, 1.54) is 6.07 Å². The van der Waals surface area contributed by atoms with Crippen molar-refractivity contribution in [2.45, 2.75) is 57.2 Å². The van der Waals surface area contributed by atoms with Crippen LogP contribution in [0.3, 0.4) is 0 Å². The van der Waals surface area contributed by atoms with Gasteiger partial charge < -0.3 is 10.6 Å². The Morgan fingerprint density at radius 3 is 2.42 bits per heavy atom. The molecule has 26 heavy (non-hydrogen) atoms. The van der Waals surface area contributed by atoms with E-state index in [9.17, 15) is 22.8 Å². The van der Waals surface area contributed by atoms with Crippen LogP contribution in [0, 0.1) is 5.41 Å². The Balaban J connectivity index is 1.75. The number of nitrogens with one attached hydrogen (secondary N) is 2. The van der Waals surface area contributed by atoms with Crippen molar-refractivity contribution >= 4 is 29.1 Å². The molecule has 1 aromatic carbocycles. The van der Waals surface area contributed by atoms with E-state index in [1.54, 1.807) is 0 Å². The van der Waals surface area contributed by atoms with Crippen molar-refractivity contribution in [3.8, 4) is 0 Å². The first kappa shape index (κ1) is 19.0. The van der Waals surface area contributed by atoms with Gasteiger partial charge in [-0.15, -0.1) is 0 Å². The molecule has 1 aromatic rings. The van der Waals surface area contributed by atoms with Gasteiger partial charge in [0.2, 0.25) is 11.8 Å². The van der Waals surface area contributed by atoms with Crippen LogP contribution in [-0.4, -0.2) is 17.9 Å². The summed E-state index contributed by atoms with van der Waals surface area (Å²) in [5.74, 6) is -0.576. The summed E-state index contributed by atoms with van der Waals surface area (Å²) in [5, 5.41) is 5.02. The van der Waals surface area contributed by atoms with E-state index < -0.39 is 28.1 Å². The first-order valence-electron chi connectivity index (χ1n) is 8.67. The third-order valence-corrected chi connectivity index (χ3v) is 5.34. The monoisotopic (exact) mass is 388 g/mol. The number of carbonyl (C=O) groups is 2. The fourth-order valence-corrected chi connectivity index (χ4v) is 3.66. The molecule has 4 nitrogen and oxygen atoms in total. The van der Waals surface area contributed by atoms with Crippen molar-refractivity contribution < 1.29 is 22.8 Å². The van der Waals surface area contributed by atoms with Crippen molar-refractivity contribution in [1.82, 2.24) is 5.32 Å². The minimum absolute atomic E-state index is 0.0283. The number of hydrogen-bond donors (Lipinski definition) is 2. The number of alkyl halides is 3. The smallest absolute Gasteiger partial charge is 0.353 e. The highest BCUT2D eigenvalue weighted by molar-refractivity contribution is 6.31. The molecule has 0 heterocycles. The highest BCUT2D eigenvalue weighted by atomic mass is 35.5. The predicted molar refractivity (Wildman–Crippen MR) is 91.8 cm³/mol. The van der Waals surface area contributed by atoms with Crippen LogP contribution in [0.15, 0.2) is 18.2 Å². The molecule has 0 unspecified atom stereocenters. The maximum absolute atomic E-state index is 13.0. The molecular formula is C18H20ClF3N2O2. The van der Waals surface area contributed by atoms with E-state index in [4.69, 9.17) is 11.6 Å². The molecule has 0 radical (unpaired) electrons. The zero-order valence-electron chi connectivity index (χ0n) is 14.1. The van der Waals surface area contributed by atoms with Crippen LogP contribution in [-0.2, 0) is 15.8 Å². The van der Waals surface area contributed by atoms with Gasteiger partial charge in [-0.05, 0) is 43.9 Å². The normalized spacial score (nSPS) is 19.2. The van der Waals surface area contributed by atoms with Gasteiger partial charge in [0.25, 0.3) is 0 Å². The molecule has 0 saturated heterocycles. The summed E-state index contributed by atoms with van der Waals surface area (Å²) in [6.45, 7) is 0. The lowest BCUT2D eigenvalue weighted by Crippen LogP contribution is -2.39. The zero-order chi connectivity index (χ0) is 18.9. The Hall–Kier alpha value is -1.76. The third kappa shape index (κ3) is 4.31. The summed E-state index contributed by atoms with van der Waals surface area (Å²) in [4.78, 5) is 25.0. The largest absolute Gasteiger partial charge is 0.417 e. The minimum atomic E-state index is -4.60.